The Bertz CT molecular complexity index is 677. The number of alkyl halides is 3. The molecule has 1 saturated heterocycles. The van der Waals surface area contributed by atoms with E-state index < -0.39 is 11.9 Å². The number of halogens is 3. The third-order valence-electron chi connectivity index (χ3n) is 4.10. The molecule has 8 heteroatoms. The van der Waals surface area contributed by atoms with Gasteiger partial charge in [-0.1, -0.05) is 0 Å². The van der Waals surface area contributed by atoms with Gasteiger partial charge in [0, 0.05) is 25.7 Å². The third kappa shape index (κ3) is 3.57. The molecule has 0 N–H and O–H groups in total. The van der Waals surface area contributed by atoms with Gasteiger partial charge in [0.25, 0.3) is 0 Å². The van der Waals surface area contributed by atoms with Crippen molar-refractivity contribution in [3.05, 3.63) is 35.6 Å². The highest BCUT2D eigenvalue weighted by molar-refractivity contribution is 5.12. The fourth-order valence-electron chi connectivity index (χ4n) is 3.07. The van der Waals surface area contributed by atoms with Crippen LogP contribution in [0.25, 0.3) is 0 Å². The van der Waals surface area contributed by atoms with Gasteiger partial charge in [0.15, 0.2) is 5.69 Å². The number of aromatic nitrogens is 3. The second kappa shape index (κ2) is 5.99. The Morgan fingerprint density at radius 3 is 2.78 bits per heavy atom. The normalized spacial score (nSPS) is 20.1. The maximum Gasteiger partial charge on any atom is 0.434 e. The summed E-state index contributed by atoms with van der Waals surface area (Å²) < 4.78 is 45.4. The molecule has 0 amide bonds. The van der Waals surface area contributed by atoms with E-state index in [-0.39, 0.29) is 5.92 Å². The zero-order valence-corrected chi connectivity index (χ0v) is 13.1. The molecule has 0 aromatic carbocycles. The number of aryl methyl sites for hydroxylation is 2. The van der Waals surface area contributed by atoms with Crippen LogP contribution in [0.4, 0.5) is 13.2 Å². The molecule has 126 valence electrons. The average Bonchev–Trinajstić information content (AvgIpc) is 3.05. The van der Waals surface area contributed by atoms with E-state index in [2.05, 4.69) is 14.9 Å². The van der Waals surface area contributed by atoms with Crippen LogP contribution in [-0.4, -0.2) is 32.5 Å². The Kier molecular flexibility index (Phi) is 4.18. The molecule has 3 rings (SSSR count). The lowest BCUT2D eigenvalue weighted by Gasteiger charge is -2.31. The molecule has 1 fully saturated rings. The van der Waals surface area contributed by atoms with Gasteiger partial charge in [-0.05, 0) is 26.3 Å². The molecule has 2 aromatic rings. The van der Waals surface area contributed by atoms with Gasteiger partial charge in [-0.2, -0.15) is 13.2 Å². The first-order chi connectivity index (χ1) is 10.8. The molecular weight excluding hydrogens is 309 g/mol. The first kappa shape index (κ1) is 16.0. The van der Waals surface area contributed by atoms with Gasteiger partial charge in [-0.15, -0.1) is 0 Å². The Morgan fingerprint density at radius 2 is 2.17 bits per heavy atom. The molecule has 23 heavy (non-hydrogen) atoms. The number of nitrogens with zero attached hydrogens (tertiary/aromatic N) is 4. The van der Waals surface area contributed by atoms with Crippen LogP contribution in [0.1, 0.15) is 41.9 Å². The van der Waals surface area contributed by atoms with Crippen molar-refractivity contribution in [1.29, 1.82) is 0 Å². The van der Waals surface area contributed by atoms with E-state index >= 15 is 0 Å². The lowest BCUT2D eigenvalue weighted by Crippen LogP contribution is -2.34. The number of rotatable bonds is 3. The summed E-state index contributed by atoms with van der Waals surface area (Å²) in [6, 6.07) is 0. The largest absolute Gasteiger partial charge is 0.445 e. The van der Waals surface area contributed by atoms with E-state index in [1.807, 2.05) is 6.92 Å². The van der Waals surface area contributed by atoms with Crippen molar-refractivity contribution in [2.24, 2.45) is 7.05 Å². The number of oxazole rings is 1. The molecule has 0 aliphatic carbocycles. The zero-order chi connectivity index (χ0) is 16.6. The van der Waals surface area contributed by atoms with Crippen molar-refractivity contribution in [2.45, 2.75) is 38.4 Å². The number of hydrogen-bond acceptors (Lipinski definition) is 4. The van der Waals surface area contributed by atoms with Crippen LogP contribution in [-0.2, 0) is 19.8 Å². The van der Waals surface area contributed by atoms with Crippen LogP contribution in [0.2, 0.25) is 0 Å². The van der Waals surface area contributed by atoms with Gasteiger partial charge in [0.1, 0.15) is 11.6 Å². The topological polar surface area (TPSA) is 47.1 Å². The van der Waals surface area contributed by atoms with Crippen molar-refractivity contribution >= 4 is 0 Å². The van der Waals surface area contributed by atoms with E-state index in [0.717, 1.165) is 31.3 Å². The molecule has 2 aromatic heterocycles. The number of hydrogen-bond donors (Lipinski definition) is 0. The zero-order valence-electron chi connectivity index (χ0n) is 13.1. The van der Waals surface area contributed by atoms with Gasteiger partial charge in [-0.25, -0.2) is 9.97 Å². The lowest BCUT2D eigenvalue weighted by atomic mass is 9.97. The summed E-state index contributed by atoms with van der Waals surface area (Å²) in [7, 11) is 1.62. The highest BCUT2D eigenvalue weighted by Crippen LogP contribution is 2.32. The van der Waals surface area contributed by atoms with Crippen molar-refractivity contribution in [1.82, 2.24) is 19.4 Å². The summed E-state index contributed by atoms with van der Waals surface area (Å²) in [5.74, 6) is 1.87. The summed E-state index contributed by atoms with van der Waals surface area (Å²) in [5, 5.41) is 0. The molecule has 0 bridgehead atoms. The highest BCUT2D eigenvalue weighted by Gasteiger charge is 2.36. The summed E-state index contributed by atoms with van der Waals surface area (Å²) in [5.41, 5.74) is -0.824. The Hall–Kier alpha value is -1.83. The predicted molar refractivity (Wildman–Crippen MR) is 76.7 cm³/mol. The van der Waals surface area contributed by atoms with Gasteiger partial charge in [-0.3, -0.25) is 4.90 Å². The molecule has 1 atom stereocenters. The average molecular weight is 328 g/mol. The van der Waals surface area contributed by atoms with Crippen LogP contribution in [0.3, 0.4) is 0 Å². The standard InChI is InChI=1S/C15H19F3N4O/c1-10-6-19-13(23-10)9-22-5-3-4-11(7-22)14-20-12(8-21(14)2)15(16,17)18/h6,8,11H,3-5,7,9H2,1-2H3/t11-/m0/s1. The lowest BCUT2D eigenvalue weighted by molar-refractivity contribution is -0.141. The van der Waals surface area contributed by atoms with Gasteiger partial charge < -0.3 is 8.98 Å². The van der Waals surface area contributed by atoms with Gasteiger partial charge in [0.05, 0.1) is 12.7 Å². The van der Waals surface area contributed by atoms with E-state index in [0.29, 0.717) is 24.8 Å². The number of likely N-dealkylation sites (tertiary alicyclic amines) is 1. The fraction of sp³-hybridized carbons (Fsp3) is 0.600. The van der Waals surface area contributed by atoms with Gasteiger partial charge in [0.2, 0.25) is 5.89 Å². The second-order valence-electron chi connectivity index (χ2n) is 6.03. The number of imidazole rings is 1. The number of piperidine rings is 1. The fourth-order valence-corrected chi connectivity index (χ4v) is 3.07. The van der Waals surface area contributed by atoms with E-state index in [4.69, 9.17) is 4.42 Å². The summed E-state index contributed by atoms with van der Waals surface area (Å²) in [4.78, 5) is 10.2. The second-order valence-corrected chi connectivity index (χ2v) is 6.03. The minimum absolute atomic E-state index is 0.0130. The maximum absolute atomic E-state index is 12.8. The molecule has 1 aliphatic heterocycles. The smallest absolute Gasteiger partial charge is 0.434 e. The van der Waals surface area contributed by atoms with Crippen LogP contribution < -0.4 is 0 Å². The quantitative estimate of drug-likeness (QED) is 0.868. The van der Waals surface area contributed by atoms with Crippen molar-refractivity contribution < 1.29 is 17.6 Å². The van der Waals surface area contributed by atoms with Crippen molar-refractivity contribution in [3.8, 4) is 0 Å². The Morgan fingerprint density at radius 1 is 1.39 bits per heavy atom. The minimum atomic E-state index is -4.40. The summed E-state index contributed by atoms with van der Waals surface area (Å²) in [6.07, 6.45) is 0.0820. The first-order valence-electron chi connectivity index (χ1n) is 7.57. The van der Waals surface area contributed by atoms with Crippen LogP contribution >= 0.6 is 0 Å². The Balaban J connectivity index is 1.72. The highest BCUT2D eigenvalue weighted by atomic mass is 19.4. The van der Waals surface area contributed by atoms with Crippen molar-refractivity contribution in [2.75, 3.05) is 13.1 Å². The molecule has 0 radical (unpaired) electrons. The minimum Gasteiger partial charge on any atom is -0.445 e. The molecule has 3 heterocycles. The van der Waals surface area contributed by atoms with Crippen LogP contribution in [0, 0.1) is 6.92 Å². The van der Waals surface area contributed by atoms with Crippen molar-refractivity contribution in [3.63, 3.8) is 0 Å². The Labute approximate surface area is 132 Å². The summed E-state index contributed by atoms with van der Waals surface area (Å²) >= 11 is 0. The maximum atomic E-state index is 12.8. The first-order valence-corrected chi connectivity index (χ1v) is 7.57. The monoisotopic (exact) mass is 328 g/mol. The van der Waals surface area contributed by atoms with Gasteiger partial charge >= 0.3 is 6.18 Å². The van der Waals surface area contributed by atoms with E-state index in [9.17, 15) is 13.2 Å². The van der Waals surface area contributed by atoms with Crippen LogP contribution in [0.5, 0.6) is 0 Å². The molecule has 0 spiro atoms. The molecule has 5 nitrogen and oxygen atoms in total. The van der Waals surface area contributed by atoms with Crippen LogP contribution in [0.15, 0.2) is 16.8 Å². The van der Waals surface area contributed by atoms with E-state index in [1.165, 1.54) is 4.57 Å². The summed E-state index contributed by atoms with van der Waals surface area (Å²) in [6.45, 7) is 3.95. The molecule has 0 unspecified atom stereocenters. The van der Waals surface area contributed by atoms with E-state index in [1.54, 1.807) is 13.2 Å². The molecular formula is C15H19F3N4O. The predicted octanol–water partition coefficient (Wildman–Crippen LogP) is 3.11. The SMILES string of the molecule is Cc1cnc(CN2CCC[C@H](c3nc(C(F)(F)F)cn3C)C2)o1. The molecule has 0 saturated carbocycles. The molecule has 1 aliphatic rings. The third-order valence-corrected chi connectivity index (χ3v) is 4.10.